The Morgan fingerprint density at radius 2 is 1.23 bits per heavy atom. The normalized spacial score (nSPS) is 16.2. The fraction of sp³-hybridized carbons (Fsp3) is 0.0250. The molecule has 1 unspecified atom stereocenters. The Morgan fingerprint density at radius 1 is 0.523 bits per heavy atom. The van der Waals surface area contributed by atoms with Gasteiger partial charge >= 0.3 is 0 Å². The van der Waals surface area contributed by atoms with Crippen LogP contribution in [0.4, 0.5) is 0 Å². The van der Waals surface area contributed by atoms with Crippen molar-refractivity contribution in [1.82, 2.24) is 14.3 Å². The standard InChI is InChI=1S/C40H25N3S/c1-2-10-28(11-3-1)42-35-16-8-5-12-29(35)31-24-26(19-21-36(31)42)27-18-20-34-39(25-27)44-38-17-9-7-15-33(38)40(34)32-14-6-4-13-30(32)37-22-23-41-43(37)40/h1-25H. The van der Waals surface area contributed by atoms with Crippen LogP contribution in [0.15, 0.2) is 162 Å². The van der Waals surface area contributed by atoms with Gasteiger partial charge < -0.3 is 4.57 Å². The van der Waals surface area contributed by atoms with Gasteiger partial charge in [-0.25, -0.2) is 4.68 Å². The summed E-state index contributed by atoms with van der Waals surface area (Å²) in [6.45, 7) is 0. The van der Waals surface area contributed by atoms with E-state index in [-0.39, 0.29) is 0 Å². The zero-order valence-corrected chi connectivity index (χ0v) is 24.5. The highest BCUT2D eigenvalue weighted by molar-refractivity contribution is 7.99. The Hall–Kier alpha value is -5.32. The van der Waals surface area contributed by atoms with Gasteiger partial charge in [0.15, 0.2) is 0 Å². The maximum absolute atomic E-state index is 4.96. The smallest absolute Gasteiger partial charge is 0.141 e. The van der Waals surface area contributed by atoms with Gasteiger partial charge in [0.2, 0.25) is 0 Å². The molecule has 0 saturated carbocycles. The predicted molar refractivity (Wildman–Crippen MR) is 180 cm³/mol. The first kappa shape index (κ1) is 24.2. The van der Waals surface area contributed by atoms with Crippen LogP contribution in [0.5, 0.6) is 0 Å². The van der Waals surface area contributed by atoms with E-state index in [0.29, 0.717) is 0 Å². The number of para-hydroxylation sites is 2. The fourth-order valence-electron chi connectivity index (χ4n) is 7.64. The van der Waals surface area contributed by atoms with Crippen LogP contribution in [-0.4, -0.2) is 14.3 Å². The van der Waals surface area contributed by atoms with Crippen LogP contribution in [0, 0.1) is 0 Å². The van der Waals surface area contributed by atoms with Gasteiger partial charge in [-0.1, -0.05) is 109 Å². The van der Waals surface area contributed by atoms with Crippen molar-refractivity contribution in [2.75, 3.05) is 0 Å². The van der Waals surface area contributed by atoms with Crippen molar-refractivity contribution in [2.45, 2.75) is 15.3 Å². The summed E-state index contributed by atoms with van der Waals surface area (Å²) in [4.78, 5) is 2.54. The number of hydrogen-bond acceptors (Lipinski definition) is 2. The third-order valence-corrected chi connectivity index (χ3v) is 10.6. The molecule has 1 spiro atoms. The highest BCUT2D eigenvalue weighted by Gasteiger charge is 2.51. The number of rotatable bonds is 2. The lowest BCUT2D eigenvalue weighted by Crippen LogP contribution is -2.38. The highest BCUT2D eigenvalue weighted by Crippen LogP contribution is 2.58. The van der Waals surface area contributed by atoms with E-state index in [2.05, 4.69) is 155 Å². The van der Waals surface area contributed by atoms with Crippen molar-refractivity contribution in [3.63, 3.8) is 0 Å². The minimum atomic E-state index is -0.502. The van der Waals surface area contributed by atoms with Gasteiger partial charge in [-0.15, -0.1) is 0 Å². The number of benzene rings is 6. The Bertz CT molecular complexity index is 2430. The van der Waals surface area contributed by atoms with Crippen LogP contribution < -0.4 is 0 Å². The summed E-state index contributed by atoms with van der Waals surface area (Å²) in [7, 11) is 0. The summed E-state index contributed by atoms with van der Waals surface area (Å²) in [5.74, 6) is 0. The van der Waals surface area contributed by atoms with Gasteiger partial charge in [0.25, 0.3) is 0 Å². The molecule has 206 valence electrons. The fourth-order valence-corrected chi connectivity index (χ4v) is 8.86. The molecule has 2 aliphatic heterocycles. The van der Waals surface area contributed by atoms with E-state index in [4.69, 9.17) is 5.10 Å². The molecule has 1 atom stereocenters. The minimum absolute atomic E-state index is 0.502. The molecule has 0 fully saturated rings. The molecule has 4 heteroatoms. The molecule has 0 N–H and O–H groups in total. The van der Waals surface area contributed by atoms with Gasteiger partial charge in [-0.2, -0.15) is 5.10 Å². The lowest BCUT2D eigenvalue weighted by molar-refractivity contribution is 0.467. The topological polar surface area (TPSA) is 22.8 Å². The molecule has 3 nitrogen and oxygen atoms in total. The van der Waals surface area contributed by atoms with Crippen LogP contribution in [0.1, 0.15) is 16.7 Å². The van der Waals surface area contributed by atoms with Crippen LogP contribution >= 0.6 is 11.8 Å². The second-order valence-corrected chi connectivity index (χ2v) is 12.7. The Kier molecular flexibility index (Phi) is 4.86. The third-order valence-electron chi connectivity index (χ3n) is 9.44. The molecule has 8 aromatic rings. The molecule has 10 rings (SSSR count). The molecule has 44 heavy (non-hydrogen) atoms. The molecule has 0 bridgehead atoms. The molecule has 6 aromatic carbocycles. The average molecular weight is 580 g/mol. The van der Waals surface area contributed by atoms with Gasteiger partial charge in [0.1, 0.15) is 5.54 Å². The maximum atomic E-state index is 4.96. The predicted octanol–water partition coefficient (Wildman–Crippen LogP) is 9.93. The van der Waals surface area contributed by atoms with E-state index in [0.717, 1.165) is 5.69 Å². The molecule has 0 aliphatic carbocycles. The zero-order valence-electron chi connectivity index (χ0n) is 23.7. The zero-order chi connectivity index (χ0) is 28.8. The SMILES string of the molecule is c1ccc(-n2c3ccccc3c3cc(-c4ccc5c(c4)Sc4ccccc4C54c5ccccc5-c5ccnn54)ccc32)cc1. The molecule has 0 saturated heterocycles. The number of aromatic nitrogens is 3. The molecule has 2 aliphatic rings. The quantitative estimate of drug-likeness (QED) is 0.203. The Morgan fingerprint density at radius 3 is 2.16 bits per heavy atom. The van der Waals surface area contributed by atoms with E-state index in [9.17, 15) is 0 Å². The van der Waals surface area contributed by atoms with Crippen LogP contribution in [-0.2, 0) is 5.54 Å². The minimum Gasteiger partial charge on any atom is -0.309 e. The van der Waals surface area contributed by atoms with Gasteiger partial charge in [0.05, 0.1) is 16.7 Å². The van der Waals surface area contributed by atoms with E-state index < -0.39 is 5.54 Å². The molecular weight excluding hydrogens is 555 g/mol. The maximum Gasteiger partial charge on any atom is 0.141 e. The van der Waals surface area contributed by atoms with Gasteiger partial charge in [-0.3, -0.25) is 0 Å². The largest absolute Gasteiger partial charge is 0.309 e. The van der Waals surface area contributed by atoms with Gasteiger partial charge in [-0.05, 0) is 65.2 Å². The van der Waals surface area contributed by atoms with Crippen molar-refractivity contribution >= 4 is 33.6 Å². The number of fused-ring (bicyclic) bond motifs is 12. The van der Waals surface area contributed by atoms with E-state index >= 15 is 0 Å². The van der Waals surface area contributed by atoms with Crippen molar-refractivity contribution in [3.8, 4) is 28.1 Å². The van der Waals surface area contributed by atoms with E-state index in [1.807, 2.05) is 18.0 Å². The molecule has 2 aromatic heterocycles. The molecule has 0 radical (unpaired) electrons. The monoisotopic (exact) mass is 579 g/mol. The molecular formula is C40H25N3S. The Labute approximate surface area is 259 Å². The van der Waals surface area contributed by atoms with Gasteiger partial charge in [0, 0.05) is 49.1 Å². The second-order valence-electron chi connectivity index (χ2n) is 11.6. The van der Waals surface area contributed by atoms with Crippen molar-refractivity contribution in [3.05, 3.63) is 168 Å². The summed E-state index contributed by atoms with van der Waals surface area (Å²) in [6.07, 6.45) is 1.94. The first-order valence-electron chi connectivity index (χ1n) is 15.0. The first-order chi connectivity index (χ1) is 21.8. The summed E-state index contributed by atoms with van der Waals surface area (Å²) < 4.78 is 4.62. The molecule has 4 heterocycles. The lowest BCUT2D eigenvalue weighted by Gasteiger charge is -2.39. The van der Waals surface area contributed by atoms with Crippen LogP contribution in [0.3, 0.4) is 0 Å². The van der Waals surface area contributed by atoms with Crippen LogP contribution in [0.2, 0.25) is 0 Å². The third kappa shape index (κ3) is 3.05. The lowest BCUT2D eigenvalue weighted by atomic mass is 9.76. The van der Waals surface area contributed by atoms with Crippen molar-refractivity contribution in [1.29, 1.82) is 0 Å². The summed E-state index contributed by atoms with van der Waals surface area (Å²) in [5.41, 5.74) is 11.8. The number of nitrogens with zero attached hydrogens (tertiary/aromatic N) is 3. The van der Waals surface area contributed by atoms with E-state index in [1.165, 1.54) is 70.7 Å². The number of hydrogen-bond donors (Lipinski definition) is 0. The van der Waals surface area contributed by atoms with E-state index in [1.54, 1.807) is 0 Å². The van der Waals surface area contributed by atoms with Crippen molar-refractivity contribution in [2.24, 2.45) is 0 Å². The summed E-state index contributed by atoms with van der Waals surface area (Å²) >= 11 is 1.87. The first-order valence-corrected chi connectivity index (χ1v) is 15.8. The summed E-state index contributed by atoms with van der Waals surface area (Å²) in [5, 5.41) is 7.49. The van der Waals surface area contributed by atoms with Crippen molar-refractivity contribution < 1.29 is 0 Å². The highest BCUT2D eigenvalue weighted by atomic mass is 32.2. The average Bonchev–Trinajstić information content (AvgIpc) is 3.77. The summed E-state index contributed by atoms with van der Waals surface area (Å²) in [6, 6.07) is 53.1. The second kappa shape index (κ2) is 8.85. The van der Waals surface area contributed by atoms with Crippen LogP contribution in [0.25, 0.3) is 49.9 Å². The molecule has 0 amide bonds. The Balaban J connectivity index is 1.20.